The number of halogens is 2. The van der Waals surface area contributed by atoms with Gasteiger partial charge in [0.15, 0.2) is 0 Å². The number of nitrogens with zero attached hydrogens (tertiary/aromatic N) is 4. The maximum Gasteiger partial charge on any atom is 0.326 e. The number of carbonyl (C=O) groups is 1. The van der Waals surface area contributed by atoms with Gasteiger partial charge in [0.1, 0.15) is 17.6 Å². The predicted octanol–water partition coefficient (Wildman–Crippen LogP) is 5.19. The highest BCUT2D eigenvalue weighted by atomic mass is 35.5. The summed E-state index contributed by atoms with van der Waals surface area (Å²) in [4.78, 5) is 23.0. The van der Waals surface area contributed by atoms with Crippen LogP contribution in [-0.4, -0.2) is 81.3 Å². The number of amides is 2. The molecule has 5 rings (SSSR count). The van der Waals surface area contributed by atoms with Crippen molar-refractivity contribution in [3.63, 3.8) is 0 Å². The minimum absolute atomic E-state index is 0.0845. The largest absolute Gasteiger partial charge is 0.493 e. The van der Waals surface area contributed by atoms with Crippen molar-refractivity contribution < 1.29 is 17.9 Å². The van der Waals surface area contributed by atoms with Gasteiger partial charge in [-0.3, -0.25) is 9.89 Å². The zero-order valence-corrected chi connectivity index (χ0v) is 27.0. The molecule has 2 aliphatic heterocycles. The van der Waals surface area contributed by atoms with Gasteiger partial charge < -0.3 is 15.0 Å². The van der Waals surface area contributed by atoms with Gasteiger partial charge in [0.05, 0.1) is 23.1 Å². The first-order valence-electron chi connectivity index (χ1n) is 14.1. The first kappa shape index (κ1) is 31.8. The Hall–Kier alpha value is -3.59. The third-order valence-electron chi connectivity index (χ3n) is 7.62. The van der Waals surface area contributed by atoms with E-state index in [4.69, 9.17) is 39.4 Å². The summed E-state index contributed by atoms with van der Waals surface area (Å²) in [5.74, 6) is 3.09. The quantitative estimate of drug-likeness (QED) is 0.354. The van der Waals surface area contributed by atoms with Crippen LogP contribution in [0.4, 0.5) is 4.79 Å². The van der Waals surface area contributed by atoms with Crippen molar-refractivity contribution in [2.75, 3.05) is 46.9 Å². The number of rotatable bonds is 7. The Morgan fingerprint density at radius 3 is 2.18 bits per heavy atom. The van der Waals surface area contributed by atoms with Crippen LogP contribution in [0.3, 0.4) is 0 Å². The van der Waals surface area contributed by atoms with Crippen LogP contribution < -0.4 is 10.1 Å². The van der Waals surface area contributed by atoms with Crippen LogP contribution in [0.15, 0.2) is 70.6 Å². The number of urea groups is 1. The van der Waals surface area contributed by atoms with E-state index in [0.717, 1.165) is 15.4 Å². The van der Waals surface area contributed by atoms with Gasteiger partial charge in [0, 0.05) is 55.9 Å². The van der Waals surface area contributed by atoms with E-state index in [2.05, 4.69) is 11.2 Å². The number of hydrogen-bond acceptors (Lipinski definition) is 6. The molecule has 2 heterocycles. The molecule has 1 saturated heterocycles. The highest BCUT2D eigenvalue weighted by molar-refractivity contribution is 7.89. The molecule has 44 heavy (non-hydrogen) atoms. The zero-order valence-electron chi connectivity index (χ0n) is 24.6. The van der Waals surface area contributed by atoms with E-state index >= 15 is 0 Å². The molecular formula is C32H33Cl2N5O4S. The molecule has 0 saturated carbocycles. The molecular weight excluding hydrogens is 621 g/mol. The number of terminal acetylenes is 1. The summed E-state index contributed by atoms with van der Waals surface area (Å²) in [6, 6.07) is 16.2. The molecule has 0 spiro atoms. The molecule has 0 bridgehead atoms. The number of ether oxygens (including phenoxy) is 1. The monoisotopic (exact) mass is 653 g/mol. The van der Waals surface area contributed by atoms with Crippen LogP contribution in [-0.2, 0) is 10.0 Å². The van der Waals surface area contributed by atoms with E-state index in [0.29, 0.717) is 47.5 Å². The average Bonchev–Trinajstić information content (AvgIpc) is 3.41. The van der Waals surface area contributed by atoms with Crippen LogP contribution in [0.25, 0.3) is 0 Å². The van der Waals surface area contributed by atoms with E-state index in [1.807, 2.05) is 31.2 Å². The molecule has 2 atom stereocenters. The fourth-order valence-corrected chi connectivity index (χ4v) is 6.70. The lowest BCUT2D eigenvalue weighted by Crippen LogP contribution is -2.53. The summed E-state index contributed by atoms with van der Waals surface area (Å²) in [5.41, 5.74) is 2.11. The maximum absolute atomic E-state index is 14.5. The SMILES string of the molecule is C#Cc1cc(OCC)c(C2=N[C@@H](c3ccc(Cl)cc3)[C@@H](c3ccc(Cl)cc3)N2C(=O)N2CCNCC2)cc1S(=O)(=O)N(C)C. The van der Waals surface area contributed by atoms with Crippen molar-refractivity contribution in [3.8, 4) is 18.1 Å². The lowest BCUT2D eigenvalue weighted by Gasteiger charge is -2.36. The molecule has 0 aromatic heterocycles. The van der Waals surface area contributed by atoms with Gasteiger partial charge in [0.25, 0.3) is 0 Å². The molecule has 2 aliphatic rings. The molecule has 0 unspecified atom stereocenters. The lowest BCUT2D eigenvalue weighted by molar-refractivity contribution is 0.157. The van der Waals surface area contributed by atoms with Gasteiger partial charge in [0.2, 0.25) is 10.0 Å². The second kappa shape index (κ2) is 13.2. The predicted molar refractivity (Wildman–Crippen MR) is 173 cm³/mol. The molecule has 0 aliphatic carbocycles. The van der Waals surface area contributed by atoms with Crippen molar-refractivity contribution in [2.45, 2.75) is 23.9 Å². The summed E-state index contributed by atoms with van der Waals surface area (Å²) in [6.45, 7) is 4.37. The molecule has 0 radical (unpaired) electrons. The van der Waals surface area contributed by atoms with Gasteiger partial charge >= 0.3 is 6.03 Å². The smallest absolute Gasteiger partial charge is 0.326 e. The van der Waals surface area contributed by atoms with Gasteiger partial charge in [-0.25, -0.2) is 17.5 Å². The standard InChI is InChI=1S/C32H33Cl2N5O4S/c1-5-21-19-27(43-6-2)26(20-28(21)44(41,42)37(3)4)31-36-29(22-7-11-24(33)12-8-22)30(23-9-13-25(34)14-10-23)39(31)32(40)38-17-15-35-16-18-38/h1,7-14,19-20,29-30,35H,6,15-18H2,2-4H3/t29-,30+/m0/s1. The number of aliphatic imine (C=N–C) groups is 1. The Morgan fingerprint density at radius 2 is 1.64 bits per heavy atom. The minimum Gasteiger partial charge on any atom is -0.493 e. The van der Waals surface area contributed by atoms with Crippen LogP contribution in [0, 0.1) is 12.3 Å². The summed E-state index contributed by atoms with van der Waals surface area (Å²) in [6.07, 6.45) is 5.79. The maximum atomic E-state index is 14.5. The molecule has 3 aromatic rings. The number of sulfonamides is 1. The van der Waals surface area contributed by atoms with Crippen molar-refractivity contribution in [3.05, 3.63) is 93.0 Å². The van der Waals surface area contributed by atoms with Gasteiger partial charge in [-0.2, -0.15) is 0 Å². The second-order valence-corrected chi connectivity index (χ2v) is 13.5. The van der Waals surface area contributed by atoms with Gasteiger partial charge in [-0.05, 0) is 54.4 Å². The van der Waals surface area contributed by atoms with Crippen LogP contribution in [0.5, 0.6) is 5.75 Å². The van der Waals surface area contributed by atoms with Crippen molar-refractivity contribution in [2.24, 2.45) is 4.99 Å². The molecule has 230 valence electrons. The second-order valence-electron chi connectivity index (χ2n) is 10.5. The van der Waals surface area contributed by atoms with E-state index in [9.17, 15) is 13.2 Å². The average molecular weight is 655 g/mol. The van der Waals surface area contributed by atoms with Crippen LogP contribution >= 0.6 is 23.2 Å². The van der Waals surface area contributed by atoms with E-state index < -0.39 is 22.1 Å². The Labute approximate surface area is 268 Å². The number of hydrogen-bond donors (Lipinski definition) is 1. The van der Waals surface area contributed by atoms with Gasteiger partial charge in [-0.15, -0.1) is 6.42 Å². The molecule has 2 amide bonds. The van der Waals surface area contributed by atoms with Crippen molar-refractivity contribution in [1.82, 2.24) is 19.4 Å². The topological polar surface area (TPSA) is 94.5 Å². The lowest BCUT2D eigenvalue weighted by atomic mass is 9.93. The highest BCUT2D eigenvalue weighted by Crippen LogP contribution is 2.46. The van der Waals surface area contributed by atoms with Crippen LogP contribution in [0.2, 0.25) is 10.0 Å². The summed E-state index contributed by atoms with van der Waals surface area (Å²) in [7, 11) is -1.10. The van der Waals surface area contributed by atoms with Crippen molar-refractivity contribution in [1.29, 1.82) is 0 Å². The summed E-state index contributed by atoms with van der Waals surface area (Å²) >= 11 is 12.5. The Balaban J connectivity index is 1.80. The molecule has 1 N–H and O–H groups in total. The normalized spacial score (nSPS) is 18.7. The minimum atomic E-state index is -3.97. The third kappa shape index (κ3) is 6.16. The van der Waals surface area contributed by atoms with E-state index in [1.54, 1.807) is 34.1 Å². The van der Waals surface area contributed by atoms with E-state index in [1.165, 1.54) is 26.2 Å². The zero-order chi connectivity index (χ0) is 31.6. The highest BCUT2D eigenvalue weighted by Gasteiger charge is 2.45. The first-order chi connectivity index (χ1) is 21.1. The Kier molecular flexibility index (Phi) is 9.53. The summed E-state index contributed by atoms with van der Waals surface area (Å²) in [5, 5.41) is 4.40. The summed E-state index contributed by atoms with van der Waals surface area (Å²) < 4.78 is 34.1. The number of piperazine rings is 1. The number of nitrogens with one attached hydrogen (secondary N) is 1. The fraction of sp³-hybridized carbons (Fsp3) is 0.312. The number of amidine groups is 1. The molecule has 3 aromatic carbocycles. The van der Waals surface area contributed by atoms with E-state index in [-0.39, 0.29) is 28.9 Å². The fourth-order valence-electron chi connectivity index (χ4n) is 5.40. The molecule has 12 heteroatoms. The molecule has 9 nitrogen and oxygen atoms in total. The third-order valence-corrected chi connectivity index (χ3v) is 9.98. The first-order valence-corrected chi connectivity index (χ1v) is 16.3. The number of benzene rings is 3. The van der Waals surface area contributed by atoms with Crippen LogP contribution in [0.1, 0.15) is 41.3 Å². The molecule has 1 fully saturated rings. The number of carbonyl (C=O) groups excluding carboxylic acids is 1. The Bertz CT molecular complexity index is 1710. The Morgan fingerprint density at radius 1 is 1.05 bits per heavy atom. The van der Waals surface area contributed by atoms with Crippen molar-refractivity contribution >= 4 is 45.1 Å². The van der Waals surface area contributed by atoms with Gasteiger partial charge in [-0.1, -0.05) is 53.4 Å².